The van der Waals surface area contributed by atoms with Crippen LogP contribution in [0.1, 0.15) is 16.7 Å². The number of ether oxygens (including phenoxy) is 1. The smallest absolute Gasteiger partial charge is 0.269 e. The van der Waals surface area contributed by atoms with Gasteiger partial charge < -0.3 is 9.30 Å². The SMILES string of the molecule is Cc1cccc(C)c1-n1c(-n2c3cc(Oc4cccc(-n5[c-][n+](-c6ccccc6-n6c7ccccc7c7ccccc76)c6ccccc65)c4)ccc3n3c4cccc(C)c4nc23)nc2ccccc21. The Labute approximate surface area is 396 Å². The fraction of sp³-hybridized carbons (Fsp3) is 0.0500. The minimum Gasteiger partial charge on any atom is -0.458 e. The second-order valence-corrected chi connectivity index (χ2v) is 17.9. The number of benzene rings is 9. The van der Waals surface area contributed by atoms with Crippen molar-refractivity contribution in [2.45, 2.75) is 20.8 Å². The van der Waals surface area contributed by atoms with Crippen molar-refractivity contribution in [3.05, 3.63) is 223 Å². The van der Waals surface area contributed by atoms with E-state index in [1.54, 1.807) is 0 Å². The quantitative estimate of drug-likeness (QED) is 0.118. The first-order valence-corrected chi connectivity index (χ1v) is 23.3. The van der Waals surface area contributed by atoms with Crippen molar-refractivity contribution in [3.8, 4) is 40.2 Å². The molecule has 0 aliphatic rings. The maximum atomic E-state index is 6.88. The molecule has 0 saturated carbocycles. The van der Waals surface area contributed by atoms with Crippen LogP contribution in [0, 0.1) is 27.1 Å². The van der Waals surface area contributed by atoms with E-state index in [9.17, 15) is 0 Å². The lowest BCUT2D eigenvalue weighted by Gasteiger charge is -2.16. The van der Waals surface area contributed by atoms with Gasteiger partial charge in [-0.1, -0.05) is 121 Å². The molecule has 5 aromatic heterocycles. The van der Waals surface area contributed by atoms with Crippen LogP contribution in [0.5, 0.6) is 11.5 Å². The van der Waals surface area contributed by atoms with Gasteiger partial charge in [0.2, 0.25) is 11.7 Å². The lowest BCUT2D eigenvalue weighted by Crippen LogP contribution is -2.31. The average Bonchev–Trinajstić information content (AvgIpc) is 4.19. The molecule has 0 radical (unpaired) electrons. The molecule has 0 unspecified atom stereocenters. The molecule has 0 atom stereocenters. The van der Waals surface area contributed by atoms with Crippen molar-refractivity contribution in [3.63, 3.8) is 0 Å². The molecule has 328 valence electrons. The van der Waals surface area contributed by atoms with Crippen molar-refractivity contribution < 1.29 is 9.30 Å². The van der Waals surface area contributed by atoms with Crippen molar-refractivity contribution in [2.75, 3.05) is 0 Å². The summed E-state index contributed by atoms with van der Waals surface area (Å²) in [6.45, 7) is 6.45. The van der Waals surface area contributed by atoms with Crippen LogP contribution in [-0.4, -0.2) is 32.6 Å². The molecule has 9 nitrogen and oxygen atoms in total. The van der Waals surface area contributed by atoms with Crippen molar-refractivity contribution in [1.82, 2.24) is 32.6 Å². The number of nitrogens with zero attached hydrogens (tertiary/aromatic N) is 8. The maximum absolute atomic E-state index is 6.88. The van der Waals surface area contributed by atoms with Gasteiger partial charge >= 0.3 is 0 Å². The highest BCUT2D eigenvalue weighted by molar-refractivity contribution is 6.09. The largest absolute Gasteiger partial charge is 0.458 e. The zero-order chi connectivity index (χ0) is 45.9. The first kappa shape index (κ1) is 39.0. The molecular weight excluding hydrogens is 849 g/mol. The first-order valence-electron chi connectivity index (χ1n) is 23.3. The number of aromatic nitrogens is 8. The van der Waals surface area contributed by atoms with Gasteiger partial charge in [0.05, 0.1) is 77.9 Å². The summed E-state index contributed by atoms with van der Waals surface area (Å²) in [6, 6.07) is 70.0. The zero-order valence-electron chi connectivity index (χ0n) is 38.0. The summed E-state index contributed by atoms with van der Waals surface area (Å²) in [7, 11) is 0. The summed E-state index contributed by atoms with van der Waals surface area (Å²) in [5, 5.41) is 2.44. The maximum Gasteiger partial charge on any atom is 0.269 e. The van der Waals surface area contributed by atoms with E-state index >= 15 is 0 Å². The lowest BCUT2D eigenvalue weighted by molar-refractivity contribution is -0.572. The molecule has 0 aliphatic heterocycles. The predicted molar refractivity (Wildman–Crippen MR) is 276 cm³/mol. The van der Waals surface area contributed by atoms with Crippen LogP contribution in [0.25, 0.3) is 100 Å². The van der Waals surface area contributed by atoms with Gasteiger partial charge in [0.15, 0.2) is 0 Å². The normalized spacial score (nSPS) is 12.0. The van der Waals surface area contributed by atoms with Crippen LogP contribution in [0.3, 0.4) is 0 Å². The highest BCUT2D eigenvalue weighted by Crippen LogP contribution is 2.38. The zero-order valence-corrected chi connectivity index (χ0v) is 38.0. The van der Waals surface area contributed by atoms with Crippen LogP contribution < -0.4 is 9.30 Å². The van der Waals surface area contributed by atoms with E-state index < -0.39 is 0 Å². The highest BCUT2D eigenvalue weighted by atomic mass is 16.5. The molecule has 0 saturated heterocycles. The van der Waals surface area contributed by atoms with E-state index in [1.165, 1.54) is 10.8 Å². The topological polar surface area (TPSA) is 63.0 Å². The molecule has 0 bridgehead atoms. The van der Waals surface area contributed by atoms with E-state index in [4.69, 9.17) is 14.7 Å². The average molecular weight is 891 g/mol. The third kappa shape index (κ3) is 5.80. The third-order valence-electron chi connectivity index (χ3n) is 13.7. The number of aryl methyl sites for hydroxylation is 3. The Morgan fingerprint density at radius 2 is 1.10 bits per heavy atom. The molecular formula is C60H42N8O. The summed E-state index contributed by atoms with van der Waals surface area (Å²) >= 11 is 0. The molecule has 0 amide bonds. The number of rotatable bonds is 7. The molecule has 0 N–H and O–H groups in total. The second-order valence-electron chi connectivity index (χ2n) is 17.9. The van der Waals surface area contributed by atoms with Crippen LogP contribution in [0.15, 0.2) is 200 Å². The summed E-state index contributed by atoms with van der Waals surface area (Å²) < 4.78 is 20.3. The first-order chi connectivity index (χ1) is 34.0. The van der Waals surface area contributed by atoms with Crippen molar-refractivity contribution in [2.24, 2.45) is 0 Å². The van der Waals surface area contributed by atoms with Gasteiger partial charge in [0, 0.05) is 16.8 Å². The van der Waals surface area contributed by atoms with Crippen LogP contribution in [0.4, 0.5) is 0 Å². The Kier molecular flexibility index (Phi) is 8.42. The summed E-state index contributed by atoms with van der Waals surface area (Å²) in [5.41, 5.74) is 17.7. The Hall–Kier alpha value is -9.21. The van der Waals surface area contributed by atoms with E-state index in [-0.39, 0.29) is 0 Å². The Morgan fingerprint density at radius 1 is 0.464 bits per heavy atom. The minimum absolute atomic E-state index is 0.688. The fourth-order valence-corrected chi connectivity index (χ4v) is 10.7. The second kappa shape index (κ2) is 14.9. The van der Waals surface area contributed by atoms with Gasteiger partial charge in [-0.15, -0.1) is 0 Å². The van der Waals surface area contributed by atoms with E-state index in [2.05, 4.69) is 230 Å². The Balaban J connectivity index is 0.914. The van der Waals surface area contributed by atoms with E-state index in [0.29, 0.717) is 11.5 Å². The number of fused-ring (bicyclic) bond motifs is 10. The van der Waals surface area contributed by atoms with E-state index in [0.717, 1.165) is 106 Å². The third-order valence-corrected chi connectivity index (χ3v) is 13.7. The van der Waals surface area contributed by atoms with Gasteiger partial charge in [0.25, 0.3) is 6.33 Å². The lowest BCUT2D eigenvalue weighted by atomic mass is 10.1. The summed E-state index contributed by atoms with van der Waals surface area (Å²) in [5.74, 6) is 2.92. The minimum atomic E-state index is 0.688. The number of hydrogen-bond donors (Lipinski definition) is 0. The number of imidazole rings is 4. The molecule has 0 aliphatic carbocycles. The standard InChI is InChI=1S/C60H42N8O/c1-38-17-15-32-55-57(38)62-60-66(55)54-34-33-43(36-56(54)68(60)59-61-46-24-6-9-27-49(46)67(59)58-39(2)18-14-19-40(58)3)69-42-21-16-20-41(35-42)63-37-64(51-29-11-10-28-50(51)63)52-30-12-13-31-53(52)65-47-25-7-4-22-44(47)45-23-5-8-26-48(45)65/h4-36H,1-3H3. The van der Waals surface area contributed by atoms with E-state index in [1.807, 2.05) is 24.3 Å². The summed E-state index contributed by atoms with van der Waals surface area (Å²) in [6.07, 6.45) is 3.77. The molecule has 9 heteroatoms. The van der Waals surface area contributed by atoms with Gasteiger partial charge in [-0.3, -0.25) is 18.1 Å². The molecule has 0 spiro atoms. The molecule has 69 heavy (non-hydrogen) atoms. The summed E-state index contributed by atoms with van der Waals surface area (Å²) in [4.78, 5) is 10.7. The van der Waals surface area contributed by atoms with Crippen LogP contribution >= 0.6 is 0 Å². The molecule has 14 aromatic rings. The predicted octanol–water partition coefficient (Wildman–Crippen LogP) is 13.6. The number of para-hydroxylation sites is 10. The van der Waals surface area contributed by atoms with Gasteiger partial charge in [-0.25, -0.2) is 14.5 Å². The highest BCUT2D eigenvalue weighted by Gasteiger charge is 2.25. The fourth-order valence-electron chi connectivity index (χ4n) is 10.7. The molecule has 5 heterocycles. The molecule has 0 fully saturated rings. The van der Waals surface area contributed by atoms with Crippen LogP contribution in [-0.2, 0) is 0 Å². The monoisotopic (exact) mass is 890 g/mol. The van der Waals surface area contributed by atoms with Gasteiger partial charge in [0.1, 0.15) is 11.5 Å². The van der Waals surface area contributed by atoms with Gasteiger partial charge in [-0.2, -0.15) is 0 Å². The Morgan fingerprint density at radius 3 is 1.91 bits per heavy atom. The van der Waals surface area contributed by atoms with Crippen molar-refractivity contribution in [1.29, 1.82) is 0 Å². The molecule has 14 rings (SSSR count). The number of hydrogen-bond acceptors (Lipinski definition) is 3. The van der Waals surface area contributed by atoms with Crippen LogP contribution in [0.2, 0.25) is 0 Å². The van der Waals surface area contributed by atoms with Crippen molar-refractivity contribution >= 4 is 71.7 Å². The van der Waals surface area contributed by atoms with Gasteiger partial charge in [-0.05, 0) is 110 Å². The Bertz CT molecular complexity index is 4330. The molecule has 9 aromatic carbocycles.